The maximum Gasteiger partial charge on any atom is 0.267 e. The van der Waals surface area contributed by atoms with Crippen molar-refractivity contribution < 1.29 is 17.2 Å². The second kappa shape index (κ2) is 4.12. The highest BCUT2D eigenvalue weighted by molar-refractivity contribution is 8.14. The number of aromatic nitrogens is 1. The fraction of sp³-hybridized carbons (Fsp3) is 0.111. The summed E-state index contributed by atoms with van der Waals surface area (Å²) in [5.41, 5.74) is -0.456. The number of hydrogen-bond acceptors (Lipinski definition) is 2. The molecule has 0 aliphatic heterocycles. The molecule has 1 aromatic carbocycles. The van der Waals surface area contributed by atoms with Crippen molar-refractivity contribution in [2.24, 2.45) is 0 Å². The van der Waals surface area contributed by atoms with Gasteiger partial charge in [0.05, 0.1) is 16.1 Å². The van der Waals surface area contributed by atoms with Crippen LogP contribution < -0.4 is 0 Å². The van der Waals surface area contributed by atoms with Gasteiger partial charge in [0, 0.05) is 22.3 Å². The quantitative estimate of drug-likeness (QED) is 0.860. The Labute approximate surface area is 105 Å². The first kappa shape index (κ1) is 12.6. The molecular formula is C9H5Cl2F2NO2S. The molecular weight excluding hydrogens is 295 g/mol. The number of halogens is 4. The van der Waals surface area contributed by atoms with Crippen molar-refractivity contribution >= 4 is 42.2 Å². The van der Waals surface area contributed by atoms with Gasteiger partial charge < -0.3 is 4.98 Å². The average Bonchev–Trinajstić information content (AvgIpc) is 2.59. The van der Waals surface area contributed by atoms with E-state index >= 15 is 0 Å². The Hall–Kier alpha value is -0.850. The van der Waals surface area contributed by atoms with E-state index in [0.29, 0.717) is 0 Å². The van der Waals surface area contributed by atoms with Crippen molar-refractivity contribution in [3.8, 4) is 0 Å². The van der Waals surface area contributed by atoms with Crippen LogP contribution in [0.25, 0.3) is 10.9 Å². The second-order valence-electron chi connectivity index (χ2n) is 3.28. The van der Waals surface area contributed by atoms with E-state index in [-0.39, 0.29) is 20.8 Å². The lowest BCUT2D eigenvalue weighted by Crippen LogP contribution is -1.90. The highest BCUT2D eigenvalue weighted by atomic mass is 35.7. The van der Waals surface area contributed by atoms with Crippen molar-refractivity contribution in [2.75, 3.05) is 0 Å². The zero-order valence-corrected chi connectivity index (χ0v) is 10.4. The van der Waals surface area contributed by atoms with Gasteiger partial charge in [-0.2, -0.15) is 0 Å². The van der Waals surface area contributed by atoms with Gasteiger partial charge in [-0.3, -0.25) is 0 Å². The number of H-pyrrole nitrogens is 1. The van der Waals surface area contributed by atoms with Crippen LogP contribution in [0.2, 0.25) is 5.02 Å². The molecule has 0 fully saturated rings. The molecule has 0 amide bonds. The molecule has 0 atom stereocenters. The maximum atomic E-state index is 12.8. The Morgan fingerprint density at radius 3 is 2.47 bits per heavy atom. The number of rotatable bonds is 2. The van der Waals surface area contributed by atoms with Gasteiger partial charge in [0.1, 0.15) is 4.90 Å². The smallest absolute Gasteiger partial charge is 0.267 e. The summed E-state index contributed by atoms with van der Waals surface area (Å²) in [4.78, 5) is 2.21. The van der Waals surface area contributed by atoms with Gasteiger partial charge in [0.25, 0.3) is 15.5 Å². The van der Waals surface area contributed by atoms with E-state index in [4.69, 9.17) is 22.3 Å². The molecule has 1 heterocycles. The zero-order valence-electron chi connectivity index (χ0n) is 8.05. The van der Waals surface area contributed by atoms with Gasteiger partial charge >= 0.3 is 0 Å². The van der Waals surface area contributed by atoms with E-state index in [0.717, 1.165) is 6.20 Å². The molecule has 0 bridgehead atoms. The SMILES string of the molecule is O=S(=O)(Cl)c1c[nH]c2c(C(F)F)c(Cl)ccc12. The molecule has 92 valence electrons. The standard InChI is InChI=1S/C9H5Cl2F2NO2S/c10-5-2-1-4-6(17(11,15)16)3-14-8(4)7(5)9(12)13/h1-3,9,14H. The minimum atomic E-state index is -3.99. The Bertz CT molecular complexity index is 682. The van der Waals surface area contributed by atoms with Crippen LogP contribution in [0.3, 0.4) is 0 Å². The monoisotopic (exact) mass is 299 g/mol. The maximum absolute atomic E-state index is 12.8. The normalized spacial score (nSPS) is 12.5. The molecule has 0 radical (unpaired) electrons. The fourth-order valence-corrected chi connectivity index (χ4v) is 2.84. The third-order valence-electron chi connectivity index (χ3n) is 2.29. The predicted octanol–water partition coefficient (Wildman–Crippen LogP) is 3.69. The molecule has 0 unspecified atom stereocenters. The third-order valence-corrected chi connectivity index (χ3v) is 3.98. The number of aromatic amines is 1. The average molecular weight is 300 g/mol. The number of hydrogen-bond donors (Lipinski definition) is 1. The van der Waals surface area contributed by atoms with Gasteiger partial charge in [-0.1, -0.05) is 11.6 Å². The molecule has 8 heteroatoms. The number of benzene rings is 1. The first-order valence-electron chi connectivity index (χ1n) is 4.34. The van der Waals surface area contributed by atoms with Crippen LogP contribution in [0.5, 0.6) is 0 Å². The van der Waals surface area contributed by atoms with Crippen LogP contribution in [-0.4, -0.2) is 13.4 Å². The van der Waals surface area contributed by atoms with Gasteiger partial charge in [-0.15, -0.1) is 0 Å². The van der Waals surface area contributed by atoms with E-state index < -0.39 is 21.0 Å². The Morgan fingerprint density at radius 1 is 1.29 bits per heavy atom. The first-order valence-corrected chi connectivity index (χ1v) is 7.03. The summed E-state index contributed by atoms with van der Waals surface area (Å²) in [6.45, 7) is 0. The summed E-state index contributed by atoms with van der Waals surface area (Å²) < 4.78 is 48.0. The summed E-state index contributed by atoms with van der Waals surface area (Å²) in [5.74, 6) is 0. The lowest BCUT2D eigenvalue weighted by atomic mass is 10.1. The van der Waals surface area contributed by atoms with E-state index in [1.165, 1.54) is 12.1 Å². The fourth-order valence-electron chi connectivity index (χ4n) is 1.59. The largest absolute Gasteiger partial charge is 0.359 e. The van der Waals surface area contributed by atoms with Crippen molar-refractivity contribution in [3.63, 3.8) is 0 Å². The Kier molecular flexibility index (Phi) is 3.05. The van der Waals surface area contributed by atoms with Gasteiger partial charge in [-0.05, 0) is 12.1 Å². The van der Waals surface area contributed by atoms with Gasteiger partial charge in [-0.25, -0.2) is 17.2 Å². The summed E-state index contributed by atoms with van der Waals surface area (Å²) >= 11 is 5.64. The van der Waals surface area contributed by atoms with E-state index in [2.05, 4.69) is 4.98 Å². The highest BCUT2D eigenvalue weighted by Gasteiger charge is 2.22. The molecule has 0 saturated heterocycles. The highest BCUT2D eigenvalue weighted by Crippen LogP contribution is 2.36. The minimum Gasteiger partial charge on any atom is -0.359 e. The van der Waals surface area contributed by atoms with Gasteiger partial charge in [0.15, 0.2) is 0 Å². The third kappa shape index (κ3) is 2.12. The number of nitrogens with one attached hydrogen (secondary N) is 1. The molecule has 2 rings (SSSR count). The summed E-state index contributed by atoms with van der Waals surface area (Å²) in [6, 6.07) is 2.54. The lowest BCUT2D eigenvalue weighted by Gasteiger charge is -2.04. The molecule has 1 aromatic heterocycles. The van der Waals surface area contributed by atoms with Crippen LogP contribution in [0.4, 0.5) is 8.78 Å². The van der Waals surface area contributed by atoms with Crippen molar-refractivity contribution in [1.29, 1.82) is 0 Å². The summed E-state index contributed by atoms with van der Waals surface area (Å²) in [7, 11) is 1.19. The predicted molar refractivity (Wildman–Crippen MR) is 61.3 cm³/mol. The molecule has 1 N–H and O–H groups in total. The van der Waals surface area contributed by atoms with Crippen LogP contribution in [0.15, 0.2) is 23.2 Å². The minimum absolute atomic E-state index is 0.0216. The molecule has 17 heavy (non-hydrogen) atoms. The molecule has 2 aromatic rings. The van der Waals surface area contributed by atoms with Crippen LogP contribution in [-0.2, 0) is 9.05 Å². The van der Waals surface area contributed by atoms with Crippen LogP contribution >= 0.6 is 22.3 Å². The lowest BCUT2D eigenvalue weighted by molar-refractivity contribution is 0.153. The molecule has 0 spiro atoms. The van der Waals surface area contributed by atoms with Crippen molar-refractivity contribution in [2.45, 2.75) is 11.3 Å². The topological polar surface area (TPSA) is 49.9 Å². The molecule has 0 saturated carbocycles. The Morgan fingerprint density at radius 2 is 1.94 bits per heavy atom. The molecule has 3 nitrogen and oxygen atoms in total. The van der Waals surface area contributed by atoms with Crippen molar-refractivity contribution in [1.82, 2.24) is 4.98 Å². The summed E-state index contributed by atoms with van der Waals surface area (Å²) in [6.07, 6.45) is -1.74. The van der Waals surface area contributed by atoms with Crippen LogP contribution in [0, 0.1) is 0 Å². The first-order chi connectivity index (χ1) is 7.82. The summed E-state index contributed by atoms with van der Waals surface area (Å²) in [5, 5.41) is -0.0347. The van der Waals surface area contributed by atoms with E-state index in [1.54, 1.807) is 0 Å². The second-order valence-corrected chi connectivity index (χ2v) is 6.22. The Balaban J connectivity index is 2.87. The van der Waals surface area contributed by atoms with E-state index in [9.17, 15) is 17.2 Å². The van der Waals surface area contributed by atoms with Gasteiger partial charge in [0.2, 0.25) is 0 Å². The zero-order chi connectivity index (χ0) is 12.8. The number of alkyl halides is 2. The molecule has 0 aliphatic carbocycles. The number of fused-ring (bicyclic) bond motifs is 1. The van der Waals surface area contributed by atoms with Crippen molar-refractivity contribution in [3.05, 3.63) is 28.9 Å². The molecule has 0 aliphatic rings. The van der Waals surface area contributed by atoms with Crippen LogP contribution in [0.1, 0.15) is 12.0 Å². The van der Waals surface area contributed by atoms with E-state index in [1.807, 2.05) is 0 Å².